The number of ketones is 2. The van der Waals surface area contributed by atoms with E-state index in [0.717, 1.165) is 0 Å². The number of ether oxygens (including phenoxy) is 1. The molecule has 3 fully saturated rings. The number of rotatable bonds is 3. The highest BCUT2D eigenvalue weighted by Gasteiger charge is 2.73. The van der Waals surface area contributed by atoms with E-state index in [1.807, 2.05) is 6.92 Å². The number of cyclic esters (lactones) is 1. The van der Waals surface area contributed by atoms with Crippen LogP contribution in [0.4, 0.5) is 0 Å². The average molecular weight is 471 g/mol. The molecule has 1 unspecified atom stereocenters. The lowest BCUT2D eigenvalue weighted by Gasteiger charge is -2.66. The van der Waals surface area contributed by atoms with Crippen LogP contribution in [0, 0.1) is 34.0 Å². The lowest BCUT2D eigenvalue weighted by atomic mass is 9.37. The van der Waals surface area contributed by atoms with Gasteiger partial charge in [-0.2, -0.15) is 0 Å². The molecule has 0 aromatic carbocycles. The van der Waals surface area contributed by atoms with Gasteiger partial charge >= 0.3 is 11.9 Å². The van der Waals surface area contributed by atoms with Gasteiger partial charge < -0.3 is 19.4 Å². The molecule has 3 aliphatic carbocycles. The highest BCUT2D eigenvalue weighted by atomic mass is 16.5. The van der Waals surface area contributed by atoms with Gasteiger partial charge in [-0.05, 0) is 36.8 Å². The Morgan fingerprint density at radius 3 is 2.47 bits per heavy atom. The number of aliphatic carboxylic acids is 1. The second-order valence-corrected chi connectivity index (χ2v) is 11.5. The maximum Gasteiger partial charge on any atom is 0.331 e. The van der Waals surface area contributed by atoms with Crippen molar-refractivity contribution in [3.05, 3.63) is 35.8 Å². The van der Waals surface area contributed by atoms with E-state index in [-0.39, 0.29) is 24.4 Å². The van der Waals surface area contributed by atoms with Crippen molar-refractivity contribution in [3.63, 3.8) is 0 Å². The summed E-state index contributed by atoms with van der Waals surface area (Å²) >= 11 is 0. The predicted molar refractivity (Wildman–Crippen MR) is 117 cm³/mol. The summed E-state index contributed by atoms with van der Waals surface area (Å²) in [7, 11) is 0. The third-order valence-electron chi connectivity index (χ3n) is 9.54. The minimum atomic E-state index is -1.62. The van der Waals surface area contributed by atoms with Crippen LogP contribution in [0.15, 0.2) is 34.7 Å². The minimum absolute atomic E-state index is 0.110. The monoisotopic (exact) mass is 470 g/mol. The Kier molecular flexibility index (Phi) is 4.67. The summed E-state index contributed by atoms with van der Waals surface area (Å²) < 4.78 is 10.9. The van der Waals surface area contributed by atoms with E-state index in [0.29, 0.717) is 24.0 Å². The maximum absolute atomic E-state index is 13.7. The first kappa shape index (κ1) is 23.0. The lowest BCUT2D eigenvalue weighted by molar-refractivity contribution is -0.206. The number of hydrogen-bond acceptors (Lipinski definition) is 7. The fourth-order valence-corrected chi connectivity index (χ4v) is 7.96. The molecular formula is C26H30O8. The average Bonchev–Trinajstić information content (AvgIpc) is 3.28. The first-order valence-corrected chi connectivity index (χ1v) is 11.8. The minimum Gasteiger partial charge on any atom is -0.481 e. The van der Waals surface area contributed by atoms with Crippen molar-refractivity contribution in [1.29, 1.82) is 0 Å². The summed E-state index contributed by atoms with van der Waals surface area (Å²) in [6.45, 7) is 7.07. The van der Waals surface area contributed by atoms with Gasteiger partial charge in [-0.25, -0.2) is 4.79 Å². The molecule has 4 aliphatic rings. The quantitative estimate of drug-likeness (QED) is 0.508. The van der Waals surface area contributed by atoms with E-state index in [4.69, 9.17) is 9.15 Å². The highest BCUT2D eigenvalue weighted by molar-refractivity contribution is 6.11. The third kappa shape index (κ3) is 2.69. The van der Waals surface area contributed by atoms with E-state index >= 15 is 0 Å². The van der Waals surface area contributed by atoms with Gasteiger partial charge in [0.1, 0.15) is 17.7 Å². The van der Waals surface area contributed by atoms with E-state index in [1.54, 1.807) is 26.8 Å². The van der Waals surface area contributed by atoms with Crippen molar-refractivity contribution in [2.75, 3.05) is 0 Å². The van der Waals surface area contributed by atoms with E-state index in [9.17, 15) is 29.4 Å². The van der Waals surface area contributed by atoms with Crippen LogP contribution >= 0.6 is 0 Å². The zero-order chi connectivity index (χ0) is 24.8. The van der Waals surface area contributed by atoms with Crippen molar-refractivity contribution in [1.82, 2.24) is 0 Å². The second-order valence-electron chi connectivity index (χ2n) is 11.5. The molecule has 1 aromatic heterocycles. The number of furan rings is 1. The van der Waals surface area contributed by atoms with Gasteiger partial charge in [0.2, 0.25) is 0 Å². The van der Waals surface area contributed by atoms with Crippen molar-refractivity contribution in [2.45, 2.75) is 65.1 Å². The van der Waals surface area contributed by atoms with Gasteiger partial charge in [-0.15, -0.1) is 0 Å². The Balaban J connectivity index is 1.69. The zero-order valence-electron chi connectivity index (χ0n) is 19.8. The van der Waals surface area contributed by atoms with E-state index < -0.39 is 57.6 Å². The number of hydrogen-bond donors (Lipinski definition) is 2. The van der Waals surface area contributed by atoms with E-state index in [2.05, 4.69) is 0 Å². The molecule has 8 heteroatoms. The first-order valence-electron chi connectivity index (χ1n) is 11.8. The van der Waals surface area contributed by atoms with Crippen LogP contribution < -0.4 is 0 Å². The fourth-order valence-electron chi connectivity index (χ4n) is 7.96. The molecular weight excluding hydrogens is 440 g/mol. The van der Waals surface area contributed by atoms with Crippen LogP contribution in [0.25, 0.3) is 0 Å². The molecule has 0 amide bonds. The standard InChI is InChI=1S/C26H30O8/c1-23(2)16(9-18(27)28)25(4)15-5-7-24(3)17(26(15,32)11-14(20(23)30)21(25)31)10-19(29)34-22(24)13-6-8-33-12-13/h6,8,10,12,14-16,22,32H,5,7,9,11H2,1-4H3,(H,27,28)/t14-,15?,16-,22-,24+,25+,26-/m0/s1. The summed E-state index contributed by atoms with van der Waals surface area (Å²) in [6, 6.07) is 1.72. The molecule has 182 valence electrons. The molecule has 1 aliphatic heterocycles. The molecule has 0 saturated heterocycles. The Bertz CT molecular complexity index is 1130. The Morgan fingerprint density at radius 1 is 1.15 bits per heavy atom. The first-order chi connectivity index (χ1) is 15.8. The van der Waals surface area contributed by atoms with Crippen LogP contribution in [0.1, 0.15) is 65.0 Å². The zero-order valence-corrected chi connectivity index (χ0v) is 19.8. The van der Waals surface area contributed by atoms with Gasteiger partial charge in [0, 0.05) is 33.8 Å². The Labute approximate surface area is 197 Å². The summed E-state index contributed by atoms with van der Waals surface area (Å²) in [5.74, 6) is -4.79. The van der Waals surface area contributed by atoms with Gasteiger partial charge in [0.15, 0.2) is 0 Å². The predicted octanol–water partition coefficient (Wildman–Crippen LogP) is 3.25. The summed E-state index contributed by atoms with van der Waals surface area (Å²) in [4.78, 5) is 51.8. The normalized spacial score (nSPS) is 42.9. The van der Waals surface area contributed by atoms with Crippen LogP contribution in [-0.2, 0) is 23.9 Å². The third-order valence-corrected chi connectivity index (χ3v) is 9.54. The summed E-state index contributed by atoms with van der Waals surface area (Å²) in [5, 5.41) is 22.0. The summed E-state index contributed by atoms with van der Waals surface area (Å²) in [5.41, 5.74) is -3.53. The highest BCUT2D eigenvalue weighted by Crippen LogP contribution is 2.69. The van der Waals surface area contributed by atoms with Crippen molar-refractivity contribution >= 4 is 23.5 Å². The van der Waals surface area contributed by atoms with Crippen LogP contribution in [0.3, 0.4) is 0 Å². The SMILES string of the molecule is CC1(C)C(=O)[C@@H]2C[C@@]3(O)C4=CC(=O)O[C@@H](c5ccoc5)[C@]4(C)CCC3[C@@](C)(C2=O)[C@H]1CC(=O)O. The Morgan fingerprint density at radius 2 is 1.85 bits per heavy atom. The van der Waals surface area contributed by atoms with Crippen LogP contribution in [0.5, 0.6) is 0 Å². The van der Waals surface area contributed by atoms with Crippen LogP contribution in [0.2, 0.25) is 0 Å². The number of esters is 1. The molecule has 8 nitrogen and oxygen atoms in total. The molecule has 3 saturated carbocycles. The maximum atomic E-state index is 13.7. The number of carbonyl (C=O) groups is 4. The molecule has 2 heterocycles. The summed E-state index contributed by atoms with van der Waals surface area (Å²) in [6.07, 6.45) is 4.11. The van der Waals surface area contributed by atoms with Gasteiger partial charge in [-0.3, -0.25) is 14.4 Å². The van der Waals surface area contributed by atoms with Crippen molar-refractivity contribution in [3.8, 4) is 0 Å². The Hall–Kier alpha value is -2.74. The smallest absolute Gasteiger partial charge is 0.331 e. The molecule has 0 spiro atoms. The molecule has 5 rings (SSSR count). The number of carbonyl (C=O) groups excluding carboxylic acids is 3. The molecule has 7 atom stereocenters. The number of Topliss-reactive ketones (excluding diaryl/α,β-unsaturated/α-hetero) is 2. The van der Waals surface area contributed by atoms with Crippen molar-refractivity contribution in [2.24, 2.45) is 34.0 Å². The van der Waals surface area contributed by atoms with Gasteiger partial charge in [0.05, 0.1) is 30.5 Å². The number of aliphatic hydroxyl groups is 1. The molecule has 2 N–H and O–H groups in total. The molecule has 1 aromatic rings. The van der Waals surface area contributed by atoms with Gasteiger partial charge in [0.25, 0.3) is 0 Å². The molecule has 0 radical (unpaired) electrons. The molecule has 34 heavy (non-hydrogen) atoms. The van der Waals surface area contributed by atoms with Crippen LogP contribution in [-0.4, -0.2) is 39.3 Å². The molecule has 2 bridgehead atoms. The van der Waals surface area contributed by atoms with Crippen molar-refractivity contribution < 1.29 is 38.5 Å². The lowest BCUT2D eigenvalue weighted by Crippen LogP contribution is -2.72. The second kappa shape index (κ2) is 6.90. The number of fused-ring (bicyclic) bond motifs is 6. The topological polar surface area (TPSA) is 131 Å². The number of carboxylic acids is 1. The number of carboxylic acid groups (broad SMARTS) is 1. The van der Waals surface area contributed by atoms with E-state index in [1.165, 1.54) is 18.6 Å². The largest absolute Gasteiger partial charge is 0.481 e. The van der Waals surface area contributed by atoms with Gasteiger partial charge in [-0.1, -0.05) is 27.7 Å². The fraction of sp³-hybridized carbons (Fsp3) is 0.615.